The van der Waals surface area contributed by atoms with Gasteiger partial charge in [-0.25, -0.2) is 4.98 Å². The van der Waals surface area contributed by atoms with E-state index >= 15 is 0 Å². The molecule has 0 radical (unpaired) electrons. The predicted molar refractivity (Wildman–Crippen MR) is 125 cm³/mol. The first-order valence-electron chi connectivity index (χ1n) is 11.9. The molecule has 2 fully saturated rings. The van der Waals surface area contributed by atoms with Crippen LogP contribution in [0.15, 0.2) is 12.3 Å². The van der Waals surface area contributed by atoms with E-state index in [9.17, 15) is 36.0 Å². The van der Waals surface area contributed by atoms with Crippen LogP contribution in [-0.4, -0.2) is 76.4 Å². The molecule has 10 nitrogen and oxygen atoms in total. The molecule has 3 atom stereocenters. The Morgan fingerprint density at radius 3 is 2.38 bits per heavy atom. The largest absolute Gasteiger partial charge is 0.412 e. The fraction of sp³-hybridized carbons (Fsp3) is 0.714. The SMILES string of the molecule is O=P(COC[C@H]1O[C@@H](n2ccc3c(NC4CCCC4)nc(Cl)nc32)C[C@@H]1O)(OCC(F)(F)F)OCC(F)(F)F. The third-order valence-corrected chi connectivity index (χ3v) is 7.85. The number of nitrogens with zero attached hydrogens (tertiary/aromatic N) is 3. The summed E-state index contributed by atoms with van der Waals surface area (Å²) < 4.78 is 108. The Morgan fingerprint density at radius 2 is 1.77 bits per heavy atom. The number of anilines is 1. The summed E-state index contributed by atoms with van der Waals surface area (Å²) in [5.74, 6) is 0.558. The van der Waals surface area contributed by atoms with Crippen molar-refractivity contribution in [3.8, 4) is 0 Å². The number of aromatic nitrogens is 3. The summed E-state index contributed by atoms with van der Waals surface area (Å²) in [6.45, 7) is -4.71. The van der Waals surface area contributed by atoms with Crippen LogP contribution in [0, 0.1) is 0 Å². The quantitative estimate of drug-likeness (QED) is 0.196. The number of alkyl halides is 6. The summed E-state index contributed by atoms with van der Waals surface area (Å²) in [6, 6.07) is 2.01. The molecular weight excluding hydrogens is 585 g/mol. The van der Waals surface area contributed by atoms with Gasteiger partial charge < -0.3 is 24.5 Å². The van der Waals surface area contributed by atoms with Crippen molar-refractivity contribution in [2.24, 2.45) is 0 Å². The van der Waals surface area contributed by atoms with E-state index in [1.807, 2.05) is 0 Å². The highest BCUT2D eigenvalue weighted by Gasteiger charge is 2.40. The van der Waals surface area contributed by atoms with E-state index in [-0.39, 0.29) is 17.7 Å². The number of hydrogen-bond acceptors (Lipinski definition) is 9. The lowest BCUT2D eigenvalue weighted by Crippen LogP contribution is -2.27. The van der Waals surface area contributed by atoms with Crippen LogP contribution in [0.1, 0.15) is 38.3 Å². The van der Waals surface area contributed by atoms with Crippen molar-refractivity contribution in [3.05, 3.63) is 17.5 Å². The summed E-state index contributed by atoms with van der Waals surface area (Å²) in [4.78, 5) is 8.56. The molecule has 1 aliphatic heterocycles. The topological polar surface area (TPSA) is 117 Å². The molecule has 0 unspecified atom stereocenters. The highest BCUT2D eigenvalue weighted by Crippen LogP contribution is 2.50. The second-order valence-corrected chi connectivity index (χ2v) is 11.6. The molecule has 2 aliphatic rings. The molecule has 0 amide bonds. The van der Waals surface area contributed by atoms with Crippen molar-refractivity contribution < 1.29 is 54.5 Å². The van der Waals surface area contributed by atoms with Gasteiger partial charge in [-0.1, -0.05) is 12.8 Å². The van der Waals surface area contributed by atoms with E-state index in [0.29, 0.717) is 16.9 Å². The van der Waals surface area contributed by atoms with Crippen LogP contribution in [0.5, 0.6) is 0 Å². The van der Waals surface area contributed by atoms with E-state index in [4.69, 9.17) is 21.1 Å². The lowest BCUT2D eigenvalue weighted by Gasteiger charge is -2.21. The summed E-state index contributed by atoms with van der Waals surface area (Å²) in [6.07, 6.45) is -8.16. The van der Waals surface area contributed by atoms with Crippen molar-refractivity contribution >= 4 is 36.0 Å². The van der Waals surface area contributed by atoms with Gasteiger partial charge >= 0.3 is 19.9 Å². The monoisotopic (exact) mass is 610 g/mol. The van der Waals surface area contributed by atoms with Crippen LogP contribution < -0.4 is 5.32 Å². The van der Waals surface area contributed by atoms with Gasteiger partial charge in [0.1, 0.15) is 30.1 Å². The zero-order valence-electron chi connectivity index (χ0n) is 20.3. The van der Waals surface area contributed by atoms with Crippen LogP contribution in [0.25, 0.3) is 11.0 Å². The maximum Gasteiger partial charge on any atom is 0.412 e. The first-order valence-corrected chi connectivity index (χ1v) is 14.1. The lowest BCUT2D eigenvalue weighted by atomic mass is 10.2. The molecule has 0 aromatic carbocycles. The molecule has 18 heteroatoms. The third-order valence-electron chi connectivity index (χ3n) is 6.14. The number of aliphatic hydroxyl groups excluding tert-OH is 1. The molecular formula is C21H26ClF6N4O6P. The summed E-state index contributed by atoms with van der Waals surface area (Å²) >= 11 is 6.14. The van der Waals surface area contributed by atoms with E-state index in [1.165, 1.54) is 0 Å². The van der Waals surface area contributed by atoms with Crippen molar-refractivity contribution in [2.75, 3.05) is 31.5 Å². The fourth-order valence-electron chi connectivity index (χ4n) is 4.38. The van der Waals surface area contributed by atoms with Gasteiger partial charge in [0.05, 0.1) is 18.1 Å². The molecule has 220 valence electrons. The van der Waals surface area contributed by atoms with Crippen molar-refractivity contribution in [2.45, 2.75) is 68.9 Å². The minimum absolute atomic E-state index is 0.00478. The van der Waals surface area contributed by atoms with Crippen LogP contribution in [0.2, 0.25) is 5.28 Å². The standard InChI is InChI=1S/C21H26ClF6N4O6P/c22-19-30-17(29-12-3-1-2-4-12)13-5-6-32(18(13)31-19)16-7-14(33)15(38-16)8-35-11-39(34,36-9-20(23,24)25)37-10-21(26,27)28/h5-6,12,14-16,33H,1-4,7-11H2,(H,29,30,31)/t14-,15+,16+/m0/s1. The number of ether oxygens (including phenoxy) is 2. The number of hydrogen-bond donors (Lipinski definition) is 2. The van der Waals surface area contributed by atoms with Gasteiger partial charge in [0, 0.05) is 18.7 Å². The molecule has 2 aromatic rings. The van der Waals surface area contributed by atoms with E-state index in [0.717, 1.165) is 25.7 Å². The van der Waals surface area contributed by atoms with E-state index < -0.39 is 64.6 Å². The number of fused-ring (bicyclic) bond motifs is 1. The minimum atomic E-state index is -4.96. The lowest BCUT2D eigenvalue weighted by molar-refractivity contribution is -0.166. The first-order chi connectivity index (χ1) is 18.2. The second kappa shape index (κ2) is 12.0. The van der Waals surface area contributed by atoms with E-state index in [1.54, 1.807) is 16.8 Å². The summed E-state index contributed by atoms with van der Waals surface area (Å²) in [5.41, 5.74) is 0.430. The maximum atomic E-state index is 12.5. The molecule has 0 spiro atoms. The molecule has 2 aromatic heterocycles. The molecule has 0 bridgehead atoms. The van der Waals surface area contributed by atoms with Gasteiger partial charge in [0.25, 0.3) is 0 Å². The molecule has 2 N–H and O–H groups in total. The van der Waals surface area contributed by atoms with Crippen molar-refractivity contribution in [1.29, 1.82) is 0 Å². The van der Waals surface area contributed by atoms with Crippen molar-refractivity contribution in [1.82, 2.24) is 14.5 Å². The Balaban J connectivity index is 1.39. The Kier molecular flexibility index (Phi) is 9.36. The smallest absolute Gasteiger partial charge is 0.390 e. The predicted octanol–water partition coefficient (Wildman–Crippen LogP) is 5.41. The average Bonchev–Trinajstić information content (AvgIpc) is 3.56. The van der Waals surface area contributed by atoms with Crippen LogP contribution in [-0.2, 0) is 23.1 Å². The molecule has 1 aliphatic carbocycles. The van der Waals surface area contributed by atoms with Gasteiger partial charge in [-0.05, 0) is 30.5 Å². The maximum absolute atomic E-state index is 12.5. The Hall–Kier alpha value is -1.68. The third kappa shape index (κ3) is 8.41. The Labute approximate surface area is 223 Å². The van der Waals surface area contributed by atoms with Crippen LogP contribution >= 0.6 is 19.2 Å². The highest BCUT2D eigenvalue weighted by molar-refractivity contribution is 7.53. The van der Waals surface area contributed by atoms with Crippen molar-refractivity contribution in [3.63, 3.8) is 0 Å². The molecule has 1 saturated heterocycles. The fourth-order valence-corrected chi connectivity index (χ4v) is 5.79. The Bertz CT molecular complexity index is 1160. The highest BCUT2D eigenvalue weighted by atomic mass is 35.5. The van der Waals surface area contributed by atoms with Gasteiger partial charge in [-0.2, -0.15) is 31.3 Å². The second-order valence-electron chi connectivity index (χ2n) is 9.25. The zero-order chi connectivity index (χ0) is 28.4. The summed E-state index contributed by atoms with van der Waals surface area (Å²) in [7, 11) is -4.95. The summed E-state index contributed by atoms with van der Waals surface area (Å²) in [5, 5.41) is 14.5. The number of halogens is 7. The molecule has 39 heavy (non-hydrogen) atoms. The van der Waals surface area contributed by atoms with Gasteiger partial charge in [0.15, 0.2) is 13.2 Å². The van der Waals surface area contributed by atoms with Crippen LogP contribution in [0.3, 0.4) is 0 Å². The number of nitrogens with one attached hydrogen (secondary N) is 1. The van der Waals surface area contributed by atoms with E-state index in [2.05, 4.69) is 24.3 Å². The number of rotatable bonds is 11. The van der Waals surface area contributed by atoms with Gasteiger partial charge in [-0.15, -0.1) is 0 Å². The molecule has 3 heterocycles. The average molecular weight is 611 g/mol. The van der Waals surface area contributed by atoms with Gasteiger partial charge in [-0.3, -0.25) is 13.6 Å². The normalized spacial score (nSPS) is 23.2. The number of aliphatic hydroxyl groups is 1. The van der Waals surface area contributed by atoms with Gasteiger partial charge in [0.2, 0.25) is 5.28 Å². The molecule has 1 saturated carbocycles. The minimum Gasteiger partial charge on any atom is -0.390 e. The molecule has 4 rings (SSSR count). The zero-order valence-corrected chi connectivity index (χ0v) is 21.9. The van der Waals surface area contributed by atoms with Crippen LogP contribution in [0.4, 0.5) is 32.2 Å². The first kappa shape index (κ1) is 30.3. The Morgan fingerprint density at radius 1 is 1.13 bits per heavy atom.